The van der Waals surface area contributed by atoms with Crippen LogP contribution >= 0.6 is 23.2 Å². The monoisotopic (exact) mass is 557 g/mol. The maximum atomic E-state index is 13.1. The number of hydrogen-bond acceptors (Lipinski definition) is 6. The number of carbonyl (C=O) groups is 4. The zero-order valence-electron chi connectivity index (χ0n) is 19.6. The van der Waals surface area contributed by atoms with Crippen LogP contribution in [0.15, 0.2) is 66.2 Å². The molecular formula is C26H18Cl2FN3O6. The Balaban J connectivity index is 1.55. The molecule has 3 aromatic carbocycles. The van der Waals surface area contributed by atoms with E-state index in [2.05, 4.69) is 10.6 Å². The van der Waals surface area contributed by atoms with Gasteiger partial charge in [0.25, 0.3) is 17.7 Å². The first-order chi connectivity index (χ1) is 18.2. The molecular weight excluding hydrogens is 540 g/mol. The highest BCUT2D eigenvalue weighted by Crippen LogP contribution is 2.37. The molecule has 0 radical (unpaired) electrons. The van der Waals surface area contributed by atoms with Crippen LogP contribution in [0, 0.1) is 5.82 Å². The molecule has 1 saturated heterocycles. The summed E-state index contributed by atoms with van der Waals surface area (Å²) in [6.45, 7) is -0.438. The van der Waals surface area contributed by atoms with E-state index in [1.54, 1.807) is 0 Å². The van der Waals surface area contributed by atoms with E-state index in [9.17, 15) is 23.6 Å². The molecule has 1 fully saturated rings. The van der Waals surface area contributed by atoms with Crippen LogP contribution in [-0.2, 0) is 14.4 Å². The number of urea groups is 1. The molecule has 4 rings (SSSR count). The summed E-state index contributed by atoms with van der Waals surface area (Å²) in [4.78, 5) is 51.0. The Kier molecular flexibility index (Phi) is 7.94. The van der Waals surface area contributed by atoms with Gasteiger partial charge in [-0.15, -0.1) is 0 Å². The van der Waals surface area contributed by atoms with Crippen molar-refractivity contribution in [2.75, 3.05) is 23.9 Å². The fourth-order valence-electron chi connectivity index (χ4n) is 3.48. The number of ether oxygens (including phenoxy) is 2. The van der Waals surface area contributed by atoms with E-state index in [0.29, 0.717) is 16.3 Å². The number of amides is 5. The standard InChI is InChI=1S/C26H18Cl2FN3O6/c1-37-21-12-14(11-20(28)23(21)38-13-22(33)30-17-6-4-16(29)5-7-17)10-19-24(34)31-26(36)32(25(19)35)18-8-2-15(27)3-9-18/h2-12H,13H2,1H3,(H,30,33)(H,31,34,36)/b19-10+. The molecule has 0 atom stereocenters. The first-order valence-electron chi connectivity index (χ1n) is 10.9. The van der Waals surface area contributed by atoms with E-state index in [0.717, 1.165) is 4.90 Å². The first kappa shape index (κ1) is 26.6. The van der Waals surface area contributed by atoms with Crippen LogP contribution in [0.5, 0.6) is 11.5 Å². The van der Waals surface area contributed by atoms with Gasteiger partial charge in [0.1, 0.15) is 11.4 Å². The van der Waals surface area contributed by atoms with Gasteiger partial charge >= 0.3 is 6.03 Å². The number of hydrogen-bond donors (Lipinski definition) is 2. The third-order valence-corrected chi connectivity index (χ3v) is 5.76. The third kappa shape index (κ3) is 5.93. The average molecular weight is 558 g/mol. The molecule has 1 aliphatic rings. The van der Waals surface area contributed by atoms with Gasteiger partial charge in [-0.1, -0.05) is 23.2 Å². The second-order valence-electron chi connectivity index (χ2n) is 7.81. The number of anilines is 2. The summed E-state index contributed by atoms with van der Waals surface area (Å²) in [7, 11) is 1.34. The Hall–Kier alpha value is -4.41. The molecule has 2 N–H and O–H groups in total. The van der Waals surface area contributed by atoms with E-state index in [1.165, 1.54) is 73.8 Å². The van der Waals surface area contributed by atoms with Crippen LogP contribution in [0.2, 0.25) is 10.0 Å². The fourth-order valence-corrected chi connectivity index (χ4v) is 3.88. The summed E-state index contributed by atoms with van der Waals surface area (Å²) in [6.07, 6.45) is 1.24. The normalized spacial score (nSPS) is 14.4. The largest absolute Gasteiger partial charge is 0.493 e. The van der Waals surface area contributed by atoms with Gasteiger partial charge in [0.05, 0.1) is 17.8 Å². The van der Waals surface area contributed by atoms with Crippen LogP contribution in [0.25, 0.3) is 6.08 Å². The number of halogens is 3. The van der Waals surface area contributed by atoms with Gasteiger partial charge in [0, 0.05) is 10.7 Å². The van der Waals surface area contributed by atoms with E-state index in [4.69, 9.17) is 32.7 Å². The Morgan fingerprint density at radius 3 is 2.39 bits per heavy atom. The van der Waals surface area contributed by atoms with Crippen molar-refractivity contribution in [2.45, 2.75) is 0 Å². The van der Waals surface area contributed by atoms with Gasteiger partial charge in [-0.05, 0) is 72.3 Å². The van der Waals surface area contributed by atoms with Crippen LogP contribution in [-0.4, -0.2) is 37.5 Å². The van der Waals surface area contributed by atoms with E-state index >= 15 is 0 Å². The van der Waals surface area contributed by atoms with Crippen molar-refractivity contribution in [1.82, 2.24) is 5.32 Å². The molecule has 12 heteroatoms. The van der Waals surface area contributed by atoms with Crippen molar-refractivity contribution in [3.63, 3.8) is 0 Å². The number of barbiturate groups is 1. The number of methoxy groups -OCH3 is 1. The molecule has 0 aromatic heterocycles. The summed E-state index contributed by atoms with van der Waals surface area (Å²) < 4.78 is 23.9. The smallest absolute Gasteiger partial charge is 0.335 e. The Bertz CT molecular complexity index is 1460. The van der Waals surface area contributed by atoms with Crippen LogP contribution in [0.4, 0.5) is 20.6 Å². The average Bonchev–Trinajstić information content (AvgIpc) is 2.88. The van der Waals surface area contributed by atoms with Crippen molar-refractivity contribution in [1.29, 1.82) is 0 Å². The lowest BCUT2D eigenvalue weighted by Gasteiger charge is -2.26. The summed E-state index contributed by atoms with van der Waals surface area (Å²) in [5, 5.41) is 5.11. The van der Waals surface area contributed by atoms with Crippen molar-refractivity contribution in [2.24, 2.45) is 0 Å². The van der Waals surface area contributed by atoms with E-state index in [-0.39, 0.29) is 27.8 Å². The second kappa shape index (κ2) is 11.3. The van der Waals surface area contributed by atoms with Gasteiger partial charge < -0.3 is 14.8 Å². The molecule has 0 spiro atoms. The quantitative estimate of drug-likeness (QED) is 0.318. The SMILES string of the molecule is COc1cc(/C=C2\C(=O)NC(=O)N(c3ccc(Cl)cc3)C2=O)cc(Cl)c1OCC(=O)Nc1ccc(F)cc1. The molecule has 0 bridgehead atoms. The fraction of sp³-hybridized carbons (Fsp3) is 0.0769. The summed E-state index contributed by atoms with van der Waals surface area (Å²) in [5.41, 5.74) is 0.555. The zero-order valence-corrected chi connectivity index (χ0v) is 21.1. The van der Waals surface area contributed by atoms with Crippen molar-refractivity contribution >= 4 is 64.4 Å². The molecule has 9 nitrogen and oxygen atoms in total. The summed E-state index contributed by atoms with van der Waals surface area (Å²) in [5.74, 6) is -2.55. The topological polar surface area (TPSA) is 114 Å². The summed E-state index contributed by atoms with van der Waals surface area (Å²) in [6, 6.07) is 13.1. The van der Waals surface area contributed by atoms with Crippen molar-refractivity contribution < 1.29 is 33.0 Å². The Morgan fingerprint density at radius 1 is 1.05 bits per heavy atom. The Morgan fingerprint density at radius 2 is 1.74 bits per heavy atom. The lowest BCUT2D eigenvalue weighted by Crippen LogP contribution is -2.54. The van der Waals surface area contributed by atoms with Gasteiger partial charge in [-0.2, -0.15) is 0 Å². The van der Waals surface area contributed by atoms with Crippen LogP contribution in [0.3, 0.4) is 0 Å². The first-order valence-corrected chi connectivity index (χ1v) is 11.6. The van der Waals surface area contributed by atoms with Crippen LogP contribution < -0.4 is 25.0 Å². The second-order valence-corrected chi connectivity index (χ2v) is 8.66. The zero-order chi connectivity index (χ0) is 27.4. The van der Waals surface area contributed by atoms with E-state index < -0.39 is 36.2 Å². The van der Waals surface area contributed by atoms with Crippen LogP contribution in [0.1, 0.15) is 5.56 Å². The molecule has 1 heterocycles. The molecule has 1 aliphatic heterocycles. The predicted molar refractivity (Wildman–Crippen MR) is 139 cm³/mol. The van der Waals surface area contributed by atoms with Gasteiger partial charge in [0.15, 0.2) is 18.1 Å². The van der Waals surface area contributed by atoms with E-state index in [1.807, 2.05) is 0 Å². The van der Waals surface area contributed by atoms with Crippen molar-refractivity contribution in [3.8, 4) is 11.5 Å². The minimum atomic E-state index is -0.905. The lowest BCUT2D eigenvalue weighted by molar-refractivity contribution is -0.122. The third-order valence-electron chi connectivity index (χ3n) is 5.22. The minimum absolute atomic E-state index is 0.0279. The molecule has 0 aliphatic carbocycles. The number of nitrogens with zero attached hydrogens (tertiary/aromatic N) is 1. The maximum absolute atomic E-state index is 13.1. The lowest BCUT2D eigenvalue weighted by atomic mass is 10.1. The molecule has 38 heavy (non-hydrogen) atoms. The molecule has 194 valence electrons. The van der Waals surface area contributed by atoms with Gasteiger partial charge in [0.2, 0.25) is 0 Å². The summed E-state index contributed by atoms with van der Waals surface area (Å²) >= 11 is 12.2. The van der Waals surface area contributed by atoms with Gasteiger partial charge in [-0.25, -0.2) is 14.1 Å². The minimum Gasteiger partial charge on any atom is -0.493 e. The predicted octanol–water partition coefficient (Wildman–Crippen LogP) is 4.83. The molecule has 3 aromatic rings. The number of nitrogens with one attached hydrogen (secondary N) is 2. The molecule has 0 unspecified atom stereocenters. The molecule has 5 amide bonds. The number of imide groups is 2. The highest BCUT2D eigenvalue weighted by atomic mass is 35.5. The van der Waals surface area contributed by atoms with Crippen molar-refractivity contribution in [3.05, 3.63) is 87.7 Å². The Labute approximate surface area is 225 Å². The van der Waals surface area contributed by atoms with Gasteiger partial charge in [-0.3, -0.25) is 19.7 Å². The number of rotatable bonds is 7. The highest BCUT2D eigenvalue weighted by molar-refractivity contribution is 6.39. The number of carbonyl (C=O) groups excluding carboxylic acids is 4. The number of benzene rings is 3. The maximum Gasteiger partial charge on any atom is 0.335 e. The highest BCUT2D eigenvalue weighted by Gasteiger charge is 2.36. The molecule has 0 saturated carbocycles.